The molecule has 0 radical (unpaired) electrons. The number of benzene rings is 1. The van der Waals surface area contributed by atoms with Crippen LogP contribution in [0.25, 0.3) is 10.2 Å². The third-order valence-electron chi connectivity index (χ3n) is 4.63. The predicted molar refractivity (Wildman–Crippen MR) is 91.9 cm³/mol. The number of nitrogens with one attached hydrogen (secondary N) is 1. The highest BCUT2D eigenvalue weighted by molar-refractivity contribution is 7.16. The van der Waals surface area contributed by atoms with Crippen LogP contribution in [0.2, 0.25) is 0 Å². The summed E-state index contributed by atoms with van der Waals surface area (Å²) in [6.45, 7) is 4.10. The molecule has 1 unspecified atom stereocenters. The van der Waals surface area contributed by atoms with Gasteiger partial charge in [-0.2, -0.15) is 0 Å². The molecule has 0 aliphatic carbocycles. The molecular formula is C17H18N4OS. The molecule has 23 heavy (non-hydrogen) atoms. The molecule has 1 aliphatic rings. The monoisotopic (exact) mass is 326 g/mol. The summed E-state index contributed by atoms with van der Waals surface area (Å²) in [4.78, 5) is 25.6. The molecule has 0 spiro atoms. The van der Waals surface area contributed by atoms with Gasteiger partial charge < -0.3 is 4.98 Å². The van der Waals surface area contributed by atoms with E-state index in [9.17, 15) is 4.79 Å². The van der Waals surface area contributed by atoms with Crippen molar-refractivity contribution in [1.29, 1.82) is 0 Å². The minimum Gasteiger partial charge on any atom is -0.323 e. The number of hydrogen-bond donors (Lipinski definition) is 1. The van der Waals surface area contributed by atoms with Crippen molar-refractivity contribution < 1.29 is 0 Å². The molecule has 0 amide bonds. The first-order valence-corrected chi connectivity index (χ1v) is 8.73. The van der Waals surface area contributed by atoms with Gasteiger partial charge in [0.05, 0.1) is 27.6 Å². The van der Waals surface area contributed by atoms with E-state index in [1.807, 2.05) is 5.51 Å². The molecule has 6 heteroatoms. The van der Waals surface area contributed by atoms with Crippen molar-refractivity contribution in [2.45, 2.75) is 25.8 Å². The maximum atomic E-state index is 11.5. The van der Waals surface area contributed by atoms with E-state index < -0.39 is 0 Å². The third kappa shape index (κ3) is 2.80. The van der Waals surface area contributed by atoms with Gasteiger partial charge in [-0.3, -0.25) is 14.7 Å². The SMILES string of the molecule is CC(c1ccc2scnc2c1)N1CCc2ncc(=O)[nH]c2CC1. The Hall–Kier alpha value is -2.05. The molecule has 0 saturated carbocycles. The van der Waals surface area contributed by atoms with Gasteiger partial charge in [-0.1, -0.05) is 6.07 Å². The second-order valence-corrected chi connectivity index (χ2v) is 6.85. The number of nitrogens with zero attached hydrogens (tertiary/aromatic N) is 3. The van der Waals surface area contributed by atoms with E-state index in [0.29, 0.717) is 6.04 Å². The normalized spacial score (nSPS) is 16.9. The second kappa shape index (κ2) is 5.86. The molecule has 0 saturated heterocycles. The molecule has 1 atom stereocenters. The van der Waals surface area contributed by atoms with Crippen LogP contribution >= 0.6 is 11.3 Å². The molecule has 3 heterocycles. The molecule has 0 fully saturated rings. The minimum atomic E-state index is -0.112. The lowest BCUT2D eigenvalue weighted by Gasteiger charge is -2.27. The average molecular weight is 326 g/mol. The summed E-state index contributed by atoms with van der Waals surface area (Å²) in [5.41, 5.74) is 6.15. The maximum absolute atomic E-state index is 11.5. The van der Waals surface area contributed by atoms with E-state index in [-0.39, 0.29) is 5.56 Å². The summed E-state index contributed by atoms with van der Waals surface area (Å²) in [6, 6.07) is 6.87. The van der Waals surface area contributed by atoms with Gasteiger partial charge in [0.2, 0.25) is 0 Å². The molecule has 1 aliphatic heterocycles. The Morgan fingerprint density at radius 1 is 1.26 bits per heavy atom. The van der Waals surface area contributed by atoms with Crippen LogP contribution in [0.1, 0.15) is 29.9 Å². The number of hydrogen-bond acceptors (Lipinski definition) is 5. The predicted octanol–water partition coefficient (Wildman–Crippen LogP) is 2.54. The Kier molecular flexibility index (Phi) is 3.71. The number of thiazole rings is 1. The zero-order valence-corrected chi connectivity index (χ0v) is 13.8. The van der Waals surface area contributed by atoms with Crippen LogP contribution in [0.15, 0.2) is 34.7 Å². The molecule has 4 rings (SSSR count). The van der Waals surface area contributed by atoms with Gasteiger partial charge >= 0.3 is 0 Å². The Balaban J connectivity index is 1.57. The highest BCUT2D eigenvalue weighted by Gasteiger charge is 2.21. The van der Waals surface area contributed by atoms with Gasteiger partial charge in [-0.15, -0.1) is 11.3 Å². The smallest absolute Gasteiger partial charge is 0.266 e. The Labute approximate surface area is 138 Å². The van der Waals surface area contributed by atoms with Gasteiger partial charge in [0.25, 0.3) is 5.56 Å². The van der Waals surface area contributed by atoms with E-state index in [2.05, 4.69) is 45.0 Å². The second-order valence-electron chi connectivity index (χ2n) is 5.96. The number of fused-ring (bicyclic) bond motifs is 2. The van der Waals surface area contributed by atoms with Crippen molar-refractivity contribution in [2.75, 3.05) is 13.1 Å². The van der Waals surface area contributed by atoms with Crippen molar-refractivity contribution in [2.24, 2.45) is 0 Å². The van der Waals surface area contributed by atoms with Crippen LogP contribution in [0.5, 0.6) is 0 Å². The molecule has 2 aromatic heterocycles. The first-order valence-electron chi connectivity index (χ1n) is 7.85. The standard InChI is InChI=1S/C17H18N4OS/c1-11(12-2-3-16-15(8-12)19-10-23-16)21-6-4-13-14(5-7-21)20-17(22)9-18-13/h2-3,8-11H,4-7H2,1H3,(H,20,22). The van der Waals surface area contributed by atoms with Crippen LogP contribution < -0.4 is 5.56 Å². The van der Waals surface area contributed by atoms with Crippen LogP contribution in [0.4, 0.5) is 0 Å². The third-order valence-corrected chi connectivity index (χ3v) is 5.44. The van der Waals surface area contributed by atoms with Crippen LogP contribution in [0, 0.1) is 0 Å². The van der Waals surface area contributed by atoms with Crippen molar-refractivity contribution in [3.8, 4) is 0 Å². The Morgan fingerprint density at radius 3 is 3.04 bits per heavy atom. The van der Waals surface area contributed by atoms with E-state index >= 15 is 0 Å². The first-order chi connectivity index (χ1) is 11.2. The Morgan fingerprint density at radius 2 is 2.13 bits per heavy atom. The maximum Gasteiger partial charge on any atom is 0.266 e. The van der Waals surface area contributed by atoms with Gasteiger partial charge in [-0.05, 0) is 24.6 Å². The molecule has 5 nitrogen and oxygen atoms in total. The fraction of sp³-hybridized carbons (Fsp3) is 0.353. The molecule has 118 valence electrons. The number of aromatic amines is 1. The van der Waals surface area contributed by atoms with E-state index in [4.69, 9.17) is 0 Å². The van der Waals surface area contributed by atoms with Crippen molar-refractivity contribution in [3.63, 3.8) is 0 Å². The summed E-state index contributed by atoms with van der Waals surface area (Å²) < 4.78 is 1.23. The van der Waals surface area contributed by atoms with Crippen molar-refractivity contribution >= 4 is 21.6 Å². The lowest BCUT2D eigenvalue weighted by atomic mass is 10.1. The topological polar surface area (TPSA) is 61.9 Å². The van der Waals surface area contributed by atoms with E-state index in [0.717, 1.165) is 42.8 Å². The van der Waals surface area contributed by atoms with Crippen molar-refractivity contribution in [3.05, 3.63) is 57.2 Å². The summed E-state index contributed by atoms with van der Waals surface area (Å²) >= 11 is 1.67. The highest BCUT2D eigenvalue weighted by Crippen LogP contribution is 2.27. The fourth-order valence-electron chi connectivity index (χ4n) is 3.24. The molecule has 3 aromatic rings. The van der Waals surface area contributed by atoms with E-state index in [1.54, 1.807) is 11.3 Å². The quantitative estimate of drug-likeness (QED) is 0.786. The van der Waals surface area contributed by atoms with Crippen molar-refractivity contribution in [1.82, 2.24) is 19.9 Å². The molecular weight excluding hydrogens is 308 g/mol. The average Bonchev–Trinajstić information content (AvgIpc) is 2.93. The summed E-state index contributed by atoms with van der Waals surface area (Å²) in [7, 11) is 0. The van der Waals surface area contributed by atoms with Gasteiger partial charge in [0.15, 0.2) is 0 Å². The Bertz CT molecular complexity index is 901. The summed E-state index contributed by atoms with van der Waals surface area (Å²) in [5.74, 6) is 0. The fourth-order valence-corrected chi connectivity index (χ4v) is 3.90. The van der Waals surface area contributed by atoms with Gasteiger partial charge in [0.1, 0.15) is 0 Å². The first kappa shape index (κ1) is 14.5. The van der Waals surface area contributed by atoms with Crippen LogP contribution in [-0.2, 0) is 12.8 Å². The van der Waals surface area contributed by atoms with Crippen LogP contribution in [-0.4, -0.2) is 32.9 Å². The largest absolute Gasteiger partial charge is 0.323 e. The lowest BCUT2D eigenvalue weighted by molar-refractivity contribution is 0.220. The van der Waals surface area contributed by atoms with E-state index in [1.165, 1.54) is 16.5 Å². The minimum absolute atomic E-state index is 0.112. The summed E-state index contributed by atoms with van der Waals surface area (Å²) in [6.07, 6.45) is 3.09. The molecule has 1 aromatic carbocycles. The molecule has 0 bridgehead atoms. The zero-order chi connectivity index (χ0) is 15.8. The number of H-pyrrole nitrogens is 1. The number of aromatic nitrogens is 3. The zero-order valence-electron chi connectivity index (χ0n) is 13.0. The van der Waals surface area contributed by atoms with Crippen LogP contribution in [0.3, 0.4) is 0 Å². The number of rotatable bonds is 2. The lowest BCUT2D eigenvalue weighted by Crippen LogP contribution is -2.29. The van der Waals surface area contributed by atoms with Gasteiger partial charge in [-0.25, -0.2) is 4.98 Å². The molecule has 1 N–H and O–H groups in total. The highest BCUT2D eigenvalue weighted by atomic mass is 32.1. The van der Waals surface area contributed by atoms with Gasteiger partial charge in [0, 0.05) is 37.7 Å². The summed E-state index contributed by atoms with van der Waals surface area (Å²) in [5, 5.41) is 0.